The predicted octanol–water partition coefficient (Wildman–Crippen LogP) is 4.83. The van der Waals surface area contributed by atoms with Gasteiger partial charge in [0.05, 0.1) is 21.7 Å². The number of amides is 4. The molecule has 0 aliphatic carbocycles. The second-order valence-electron chi connectivity index (χ2n) is 9.73. The van der Waals surface area contributed by atoms with Crippen molar-refractivity contribution >= 4 is 61.8 Å². The first kappa shape index (κ1) is 24.6. The summed E-state index contributed by atoms with van der Waals surface area (Å²) in [5, 5.41) is 10.5. The fourth-order valence-corrected chi connectivity index (χ4v) is 5.67. The van der Waals surface area contributed by atoms with E-state index in [-0.39, 0.29) is 11.8 Å². The molecule has 1 fully saturated rings. The van der Waals surface area contributed by atoms with Gasteiger partial charge in [-0.05, 0) is 61.7 Å². The van der Waals surface area contributed by atoms with Crippen LogP contribution in [0.3, 0.4) is 0 Å². The van der Waals surface area contributed by atoms with Crippen molar-refractivity contribution in [3.63, 3.8) is 0 Å². The number of nitrogens with one attached hydrogen (secondary N) is 4. The molecule has 2 aromatic carbocycles. The monoisotopic (exact) mass is 539 g/mol. The molecule has 4 N–H and O–H groups in total. The standard InChI is InChI=1S/C28H25N7O3S/c1-28(2)25(37)34-27(38)35(28)13-12-31-26-30-11-9-20(33-26)22-15-17-14-18(6-7-21(17)39-22)32-24(36)19-5-3-4-16-8-10-29-23(16)19/h3-11,14-15,29H,12-13H2,1-2H3,(H,32,36)(H,30,31,33)(H,34,37,38). The Bertz CT molecular complexity index is 1760. The number of nitrogens with zero attached hydrogens (tertiary/aromatic N) is 3. The number of rotatable bonds is 7. The summed E-state index contributed by atoms with van der Waals surface area (Å²) in [6, 6.07) is 16.9. The second-order valence-corrected chi connectivity index (χ2v) is 10.8. The zero-order valence-electron chi connectivity index (χ0n) is 21.2. The third kappa shape index (κ3) is 4.57. The summed E-state index contributed by atoms with van der Waals surface area (Å²) >= 11 is 1.60. The van der Waals surface area contributed by atoms with Gasteiger partial charge in [0, 0.05) is 41.3 Å². The highest BCUT2D eigenvalue weighted by Gasteiger charge is 2.45. The van der Waals surface area contributed by atoms with Crippen LogP contribution in [0.4, 0.5) is 16.4 Å². The van der Waals surface area contributed by atoms with Crippen molar-refractivity contribution in [3.05, 3.63) is 72.6 Å². The highest BCUT2D eigenvalue weighted by Crippen LogP contribution is 2.34. The molecule has 4 heterocycles. The third-order valence-corrected chi connectivity index (χ3v) is 7.97. The molecular formula is C28H25N7O3S. The van der Waals surface area contributed by atoms with Crippen LogP contribution in [0.2, 0.25) is 0 Å². The highest BCUT2D eigenvalue weighted by atomic mass is 32.1. The molecule has 3 aromatic heterocycles. The molecule has 1 saturated heterocycles. The molecule has 4 amide bonds. The third-order valence-electron chi connectivity index (χ3n) is 6.83. The van der Waals surface area contributed by atoms with E-state index >= 15 is 0 Å². The number of carbonyl (C=O) groups is 3. The Labute approximate surface area is 227 Å². The number of fused-ring (bicyclic) bond motifs is 2. The summed E-state index contributed by atoms with van der Waals surface area (Å²) in [5.41, 5.74) is 1.96. The van der Waals surface area contributed by atoms with Gasteiger partial charge >= 0.3 is 6.03 Å². The zero-order valence-corrected chi connectivity index (χ0v) is 22.1. The Hall–Kier alpha value is -4.77. The molecule has 1 aliphatic heterocycles. The van der Waals surface area contributed by atoms with E-state index in [0.29, 0.717) is 30.3 Å². The van der Waals surface area contributed by atoms with Gasteiger partial charge in [-0.25, -0.2) is 14.8 Å². The van der Waals surface area contributed by atoms with Crippen molar-refractivity contribution in [3.8, 4) is 10.6 Å². The van der Waals surface area contributed by atoms with Gasteiger partial charge in [-0.3, -0.25) is 14.9 Å². The number of hydrogen-bond donors (Lipinski definition) is 4. The quantitative estimate of drug-likeness (QED) is 0.219. The van der Waals surface area contributed by atoms with Crippen LogP contribution in [-0.4, -0.2) is 56.3 Å². The van der Waals surface area contributed by atoms with E-state index in [4.69, 9.17) is 0 Å². The Kier molecular flexibility index (Phi) is 5.99. The summed E-state index contributed by atoms with van der Waals surface area (Å²) in [7, 11) is 0. The summed E-state index contributed by atoms with van der Waals surface area (Å²) < 4.78 is 1.06. The fourth-order valence-electron chi connectivity index (χ4n) is 4.66. The highest BCUT2D eigenvalue weighted by molar-refractivity contribution is 7.22. The molecule has 0 bridgehead atoms. The average molecular weight is 540 g/mol. The Balaban J connectivity index is 1.16. The maximum atomic E-state index is 13.0. The van der Waals surface area contributed by atoms with E-state index in [1.807, 2.05) is 54.7 Å². The molecule has 0 spiro atoms. The van der Waals surface area contributed by atoms with Crippen LogP contribution in [-0.2, 0) is 4.79 Å². The van der Waals surface area contributed by atoms with Crippen LogP contribution in [0.1, 0.15) is 24.2 Å². The first-order valence-corrected chi connectivity index (χ1v) is 13.2. The van der Waals surface area contributed by atoms with Crippen molar-refractivity contribution in [2.24, 2.45) is 0 Å². The lowest BCUT2D eigenvalue weighted by Gasteiger charge is -2.27. The molecule has 0 radical (unpaired) electrons. The lowest BCUT2D eigenvalue weighted by molar-refractivity contribution is -0.125. The molecule has 0 saturated carbocycles. The van der Waals surface area contributed by atoms with Crippen LogP contribution in [0.5, 0.6) is 0 Å². The summed E-state index contributed by atoms with van der Waals surface area (Å²) in [6.07, 6.45) is 3.50. The van der Waals surface area contributed by atoms with Crippen molar-refractivity contribution in [2.75, 3.05) is 23.7 Å². The van der Waals surface area contributed by atoms with E-state index in [1.54, 1.807) is 37.4 Å². The van der Waals surface area contributed by atoms with Crippen molar-refractivity contribution in [1.29, 1.82) is 0 Å². The first-order valence-electron chi connectivity index (χ1n) is 12.4. The van der Waals surface area contributed by atoms with Gasteiger partial charge in [-0.1, -0.05) is 12.1 Å². The largest absolute Gasteiger partial charge is 0.361 e. The van der Waals surface area contributed by atoms with Gasteiger partial charge in [-0.15, -0.1) is 11.3 Å². The molecule has 0 atom stereocenters. The van der Waals surface area contributed by atoms with Crippen molar-refractivity contribution in [2.45, 2.75) is 19.4 Å². The number of hydrogen-bond acceptors (Lipinski definition) is 7. The van der Waals surface area contributed by atoms with Gasteiger partial charge in [0.1, 0.15) is 5.54 Å². The van der Waals surface area contributed by atoms with Gasteiger partial charge in [0.25, 0.3) is 11.8 Å². The Morgan fingerprint density at radius 1 is 1.08 bits per heavy atom. The first-order chi connectivity index (χ1) is 18.8. The molecule has 10 nitrogen and oxygen atoms in total. The van der Waals surface area contributed by atoms with Crippen molar-refractivity contribution in [1.82, 2.24) is 25.2 Å². The minimum atomic E-state index is -0.897. The molecule has 0 unspecified atom stereocenters. The van der Waals surface area contributed by atoms with E-state index in [1.165, 1.54) is 4.90 Å². The van der Waals surface area contributed by atoms with Gasteiger partial charge in [0.2, 0.25) is 5.95 Å². The zero-order chi connectivity index (χ0) is 27.1. The minimum Gasteiger partial charge on any atom is -0.361 e. The summed E-state index contributed by atoms with van der Waals surface area (Å²) in [4.78, 5) is 51.5. The molecule has 11 heteroatoms. The molecule has 6 rings (SSSR count). The fraction of sp³-hybridized carbons (Fsp3) is 0.179. The number of aromatic amines is 1. The number of carbonyl (C=O) groups excluding carboxylic acids is 3. The maximum absolute atomic E-state index is 13.0. The molecule has 196 valence electrons. The molecular weight excluding hydrogens is 514 g/mol. The van der Waals surface area contributed by atoms with E-state index < -0.39 is 11.6 Å². The number of imide groups is 1. The lowest BCUT2D eigenvalue weighted by atomic mass is 10.0. The number of urea groups is 1. The summed E-state index contributed by atoms with van der Waals surface area (Å²) in [5.74, 6) is -0.0558. The Morgan fingerprint density at radius 2 is 1.95 bits per heavy atom. The van der Waals surface area contributed by atoms with E-state index in [0.717, 1.165) is 31.6 Å². The van der Waals surface area contributed by atoms with Gasteiger partial charge in [0.15, 0.2) is 0 Å². The van der Waals surface area contributed by atoms with Crippen LogP contribution in [0, 0.1) is 0 Å². The second kappa shape index (κ2) is 9.52. The predicted molar refractivity (Wildman–Crippen MR) is 152 cm³/mol. The van der Waals surface area contributed by atoms with E-state index in [9.17, 15) is 14.4 Å². The van der Waals surface area contributed by atoms with E-state index in [2.05, 4.69) is 30.9 Å². The topological polar surface area (TPSA) is 132 Å². The number of H-pyrrole nitrogens is 1. The SMILES string of the molecule is CC1(C)C(=O)NC(=O)N1CCNc1nccc(-c2cc3cc(NC(=O)c4cccc5cc[nH]c45)ccc3s2)n1. The van der Waals surface area contributed by atoms with Crippen molar-refractivity contribution < 1.29 is 14.4 Å². The minimum absolute atomic E-state index is 0.177. The Morgan fingerprint density at radius 3 is 2.77 bits per heavy atom. The number of aromatic nitrogens is 3. The maximum Gasteiger partial charge on any atom is 0.325 e. The number of para-hydroxylation sites is 1. The normalized spacial score (nSPS) is 14.7. The molecule has 5 aromatic rings. The number of thiophene rings is 1. The molecule has 39 heavy (non-hydrogen) atoms. The lowest BCUT2D eigenvalue weighted by Crippen LogP contribution is -2.46. The molecule has 1 aliphatic rings. The van der Waals surface area contributed by atoms with Crippen LogP contribution < -0.4 is 16.0 Å². The number of benzene rings is 2. The van der Waals surface area contributed by atoms with Crippen LogP contribution >= 0.6 is 11.3 Å². The smallest absolute Gasteiger partial charge is 0.325 e. The van der Waals surface area contributed by atoms with Crippen LogP contribution in [0.15, 0.2) is 67.0 Å². The number of anilines is 2. The average Bonchev–Trinajstić information content (AvgIpc) is 3.61. The van der Waals surface area contributed by atoms with Gasteiger partial charge in [-0.2, -0.15) is 0 Å². The van der Waals surface area contributed by atoms with Gasteiger partial charge < -0.3 is 20.5 Å². The summed E-state index contributed by atoms with van der Waals surface area (Å²) in [6.45, 7) is 4.14. The van der Waals surface area contributed by atoms with Crippen LogP contribution in [0.25, 0.3) is 31.6 Å².